The molecule has 3 rings (SSSR count). The number of halogens is 1. The largest absolute Gasteiger partial charge is 0.449 e. The molecular weight excluding hydrogens is 363 g/mol. The van der Waals surface area contributed by atoms with Crippen LogP contribution in [0.25, 0.3) is 0 Å². The molecule has 2 aromatic rings. The molecule has 0 radical (unpaired) electrons. The predicted molar refractivity (Wildman–Crippen MR) is 103 cm³/mol. The molecule has 146 valence electrons. The van der Waals surface area contributed by atoms with E-state index in [-0.39, 0.29) is 17.2 Å². The summed E-state index contributed by atoms with van der Waals surface area (Å²) in [5, 5.41) is 2.52. The van der Waals surface area contributed by atoms with Gasteiger partial charge in [-0.1, -0.05) is 12.1 Å². The highest BCUT2D eigenvalue weighted by Gasteiger charge is 2.24. The van der Waals surface area contributed by atoms with Crippen molar-refractivity contribution in [1.82, 2.24) is 0 Å². The van der Waals surface area contributed by atoms with Gasteiger partial charge >= 0.3 is 5.97 Å². The number of aryl methyl sites for hydroxylation is 1. The predicted octanol–water partition coefficient (Wildman–Crippen LogP) is 3.44. The summed E-state index contributed by atoms with van der Waals surface area (Å²) in [5.74, 6) is -1.66. The Labute approximate surface area is 162 Å². The lowest BCUT2D eigenvalue weighted by molar-refractivity contribution is -0.123. The lowest BCUT2D eigenvalue weighted by Gasteiger charge is -2.17. The van der Waals surface area contributed by atoms with Crippen LogP contribution < -0.4 is 10.2 Å². The van der Waals surface area contributed by atoms with Crippen molar-refractivity contribution in [2.24, 2.45) is 0 Å². The minimum absolute atomic E-state index is 0.0172. The minimum atomic E-state index is -1.08. The monoisotopic (exact) mass is 384 g/mol. The van der Waals surface area contributed by atoms with Crippen LogP contribution in [0.5, 0.6) is 0 Å². The Morgan fingerprint density at radius 1 is 1.21 bits per heavy atom. The Hall–Kier alpha value is -3.22. The number of esters is 1. The molecule has 1 heterocycles. The second kappa shape index (κ2) is 8.21. The van der Waals surface area contributed by atoms with E-state index in [1.165, 1.54) is 13.0 Å². The summed E-state index contributed by atoms with van der Waals surface area (Å²) in [4.78, 5) is 38.1. The Morgan fingerprint density at radius 3 is 2.68 bits per heavy atom. The van der Waals surface area contributed by atoms with E-state index in [4.69, 9.17) is 4.74 Å². The van der Waals surface area contributed by atoms with Gasteiger partial charge < -0.3 is 15.0 Å². The number of rotatable bonds is 5. The number of hydrogen-bond acceptors (Lipinski definition) is 4. The van der Waals surface area contributed by atoms with Crippen molar-refractivity contribution in [1.29, 1.82) is 0 Å². The van der Waals surface area contributed by atoms with Crippen LogP contribution in [0.1, 0.15) is 35.7 Å². The maximum Gasteiger partial charge on any atom is 0.338 e. The van der Waals surface area contributed by atoms with Crippen molar-refractivity contribution < 1.29 is 23.5 Å². The summed E-state index contributed by atoms with van der Waals surface area (Å²) in [6.45, 7) is 3.67. The maximum atomic E-state index is 13.6. The van der Waals surface area contributed by atoms with Gasteiger partial charge in [0.15, 0.2) is 6.10 Å². The van der Waals surface area contributed by atoms with Crippen LogP contribution in [0.15, 0.2) is 42.5 Å². The van der Waals surface area contributed by atoms with Gasteiger partial charge in [0.2, 0.25) is 5.91 Å². The van der Waals surface area contributed by atoms with E-state index in [2.05, 4.69) is 5.32 Å². The fourth-order valence-corrected chi connectivity index (χ4v) is 2.92. The zero-order valence-electron chi connectivity index (χ0n) is 15.7. The number of amides is 2. The summed E-state index contributed by atoms with van der Waals surface area (Å²) in [6, 6.07) is 10.9. The van der Waals surface area contributed by atoms with E-state index in [0.717, 1.165) is 6.42 Å². The summed E-state index contributed by atoms with van der Waals surface area (Å²) < 4.78 is 18.8. The van der Waals surface area contributed by atoms with Crippen LogP contribution in [0, 0.1) is 12.7 Å². The molecule has 2 aromatic carbocycles. The van der Waals surface area contributed by atoms with E-state index < -0.39 is 23.8 Å². The van der Waals surface area contributed by atoms with Crippen molar-refractivity contribution in [2.75, 3.05) is 16.8 Å². The third-order valence-corrected chi connectivity index (χ3v) is 4.56. The van der Waals surface area contributed by atoms with Crippen LogP contribution in [0.3, 0.4) is 0 Å². The smallest absolute Gasteiger partial charge is 0.338 e. The molecule has 6 nitrogen and oxygen atoms in total. The van der Waals surface area contributed by atoms with Crippen LogP contribution in [-0.4, -0.2) is 30.4 Å². The highest BCUT2D eigenvalue weighted by Crippen LogP contribution is 2.23. The molecule has 0 aliphatic carbocycles. The van der Waals surface area contributed by atoms with Crippen molar-refractivity contribution in [3.8, 4) is 0 Å². The number of anilines is 2. The van der Waals surface area contributed by atoms with Gasteiger partial charge in [-0.25, -0.2) is 9.18 Å². The molecule has 0 aromatic heterocycles. The molecule has 28 heavy (non-hydrogen) atoms. The summed E-state index contributed by atoms with van der Waals surface area (Å²) in [5.41, 5.74) is 1.63. The van der Waals surface area contributed by atoms with Crippen molar-refractivity contribution in [3.63, 3.8) is 0 Å². The van der Waals surface area contributed by atoms with Gasteiger partial charge in [-0.3, -0.25) is 9.59 Å². The molecule has 2 amide bonds. The topological polar surface area (TPSA) is 75.7 Å². The first kappa shape index (κ1) is 19.5. The molecule has 0 unspecified atom stereocenters. The summed E-state index contributed by atoms with van der Waals surface area (Å²) in [7, 11) is 0. The third kappa shape index (κ3) is 4.36. The van der Waals surface area contributed by atoms with Crippen LogP contribution in [-0.2, 0) is 14.3 Å². The fraction of sp³-hybridized carbons (Fsp3) is 0.286. The highest BCUT2D eigenvalue weighted by atomic mass is 19.1. The van der Waals surface area contributed by atoms with Crippen LogP contribution >= 0.6 is 0 Å². The minimum Gasteiger partial charge on any atom is -0.449 e. The molecule has 0 bridgehead atoms. The van der Waals surface area contributed by atoms with Gasteiger partial charge in [0.25, 0.3) is 5.91 Å². The molecule has 1 atom stereocenters. The fourth-order valence-electron chi connectivity index (χ4n) is 2.92. The van der Waals surface area contributed by atoms with E-state index in [1.54, 1.807) is 48.2 Å². The van der Waals surface area contributed by atoms with Gasteiger partial charge in [0.1, 0.15) is 5.82 Å². The van der Waals surface area contributed by atoms with Gasteiger partial charge in [-0.2, -0.15) is 0 Å². The molecular formula is C21H21FN2O4. The van der Waals surface area contributed by atoms with Crippen molar-refractivity contribution in [3.05, 3.63) is 59.4 Å². The molecule has 1 saturated heterocycles. The molecule has 0 spiro atoms. The third-order valence-electron chi connectivity index (χ3n) is 4.56. The number of carbonyl (C=O) groups excluding carboxylic acids is 3. The average molecular weight is 384 g/mol. The molecule has 0 saturated carbocycles. The first-order valence-electron chi connectivity index (χ1n) is 9.03. The quantitative estimate of drug-likeness (QED) is 0.802. The molecule has 1 N–H and O–H groups in total. The second-order valence-electron chi connectivity index (χ2n) is 6.70. The summed E-state index contributed by atoms with van der Waals surface area (Å²) in [6.07, 6.45) is 0.199. The normalized spacial score (nSPS) is 14.7. The first-order chi connectivity index (χ1) is 13.3. The Balaban J connectivity index is 1.64. The number of nitrogens with one attached hydrogen (secondary N) is 1. The van der Waals surface area contributed by atoms with Crippen LogP contribution in [0.4, 0.5) is 15.8 Å². The van der Waals surface area contributed by atoms with E-state index in [1.807, 2.05) is 0 Å². The molecule has 1 aliphatic heterocycles. The molecule has 1 aliphatic rings. The first-order valence-corrected chi connectivity index (χ1v) is 9.03. The van der Waals surface area contributed by atoms with Gasteiger partial charge in [-0.05, 0) is 56.2 Å². The van der Waals surface area contributed by atoms with E-state index in [0.29, 0.717) is 24.2 Å². The Kier molecular flexibility index (Phi) is 5.73. The number of benzene rings is 2. The van der Waals surface area contributed by atoms with Gasteiger partial charge in [-0.15, -0.1) is 0 Å². The number of nitrogens with zero attached hydrogens (tertiary/aromatic N) is 1. The zero-order valence-corrected chi connectivity index (χ0v) is 15.7. The lowest BCUT2D eigenvalue weighted by Crippen LogP contribution is -2.30. The number of carbonyl (C=O) groups is 3. The van der Waals surface area contributed by atoms with Gasteiger partial charge in [0.05, 0.1) is 5.56 Å². The summed E-state index contributed by atoms with van der Waals surface area (Å²) >= 11 is 0. The maximum absolute atomic E-state index is 13.6. The average Bonchev–Trinajstić information content (AvgIpc) is 3.10. The standard InChI is InChI=1S/C21H21FN2O4/c1-13-8-9-16(12-18(13)22)23-20(26)14(2)28-21(27)15-5-3-6-17(11-15)24-10-4-7-19(24)25/h3,5-6,8-9,11-12,14H,4,7,10H2,1-2H3,(H,23,26)/t14-/m1/s1. The van der Waals surface area contributed by atoms with Crippen molar-refractivity contribution >= 4 is 29.2 Å². The Bertz CT molecular complexity index is 928. The van der Waals surface area contributed by atoms with E-state index in [9.17, 15) is 18.8 Å². The second-order valence-corrected chi connectivity index (χ2v) is 6.70. The van der Waals surface area contributed by atoms with Crippen molar-refractivity contribution in [2.45, 2.75) is 32.8 Å². The lowest BCUT2D eigenvalue weighted by atomic mass is 10.2. The Morgan fingerprint density at radius 2 is 2.00 bits per heavy atom. The molecule has 1 fully saturated rings. The zero-order chi connectivity index (χ0) is 20.3. The SMILES string of the molecule is Cc1ccc(NC(=O)[C@@H](C)OC(=O)c2cccc(N3CCCC3=O)c2)cc1F. The van der Waals surface area contributed by atoms with Crippen LogP contribution in [0.2, 0.25) is 0 Å². The van der Waals surface area contributed by atoms with E-state index >= 15 is 0 Å². The van der Waals surface area contributed by atoms with Gasteiger partial charge in [0, 0.05) is 24.3 Å². The molecule has 7 heteroatoms. The number of ether oxygens (including phenoxy) is 1. The highest BCUT2D eigenvalue weighted by molar-refractivity contribution is 5.99. The number of hydrogen-bond donors (Lipinski definition) is 1.